The van der Waals surface area contributed by atoms with Crippen molar-refractivity contribution in [2.45, 2.75) is 44.4 Å². The largest absolute Gasteiger partial charge is 0.357 e. The Morgan fingerprint density at radius 2 is 1.28 bits per heavy atom. The van der Waals surface area contributed by atoms with Crippen LogP contribution in [-0.4, -0.2) is 8.42 Å². The number of benzene rings is 2. The standard InChI is InChI=1S/C23H27N2O2S.ClO3/c1-3-8-21-16-19(18-10-6-5-7-11-18)17-22(9-4-2)25(21)20-12-14-23(15-13-20)28(24,26)27;2-1(3)4/h5-7,10-17H,3-4,8-9H2,1-2H3,(H2,24,26,27);/q+1;-1. The van der Waals surface area contributed by atoms with Crippen molar-refractivity contribution in [2.24, 2.45) is 5.14 Å². The van der Waals surface area contributed by atoms with Gasteiger partial charge in [0, 0.05) is 37.1 Å². The zero-order valence-corrected chi connectivity index (χ0v) is 19.6. The van der Waals surface area contributed by atoms with Crippen molar-refractivity contribution in [3.8, 4) is 16.8 Å². The van der Waals surface area contributed by atoms with Crippen LogP contribution >= 0.6 is 0 Å². The van der Waals surface area contributed by atoms with Crippen LogP contribution in [0.1, 0.15) is 38.1 Å². The SMILES string of the molecule is CCCc1cc(-c2ccccc2)cc(CCC)[n+]1-c1ccc(S(N)(=O)=O)cc1.[O-][Cl+2]([O-])[O-]. The third-order valence-electron chi connectivity index (χ3n) is 4.76. The topological polar surface area (TPSA) is 133 Å². The molecule has 3 rings (SSSR count). The molecule has 2 N–H and O–H groups in total. The summed E-state index contributed by atoms with van der Waals surface area (Å²) in [7, 11) is -6.55. The lowest BCUT2D eigenvalue weighted by atomic mass is 10.0. The Morgan fingerprint density at radius 3 is 1.69 bits per heavy atom. The summed E-state index contributed by atoms with van der Waals surface area (Å²) in [5.41, 5.74) is 5.81. The first-order chi connectivity index (χ1) is 15.2. The molecule has 7 nitrogen and oxygen atoms in total. The van der Waals surface area contributed by atoms with E-state index in [0.29, 0.717) is 0 Å². The number of aryl methyl sites for hydroxylation is 2. The van der Waals surface area contributed by atoms with Crippen LogP contribution in [0.3, 0.4) is 0 Å². The van der Waals surface area contributed by atoms with Crippen LogP contribution in [0.5, 0.6) is 0 Å². The quantitative estimate of drug-likeness (QED) is 0.497. The number of hydrogen-bond donors (Lipinski definition) is 1. The molecule has 0 spiro atoms. The van der Waals surface area contributed by atoms with Crippen LogP contribution in [0.4, 0.5) is 0 Å². The van der Waals surface area contributed by atoms with Crippen LogP contribution in [0, 0.1) is 10.8 Å². The third kappa shape index (κ3) is 7.37. The second-order valence-corrected chi connectivity index (χ2v) is 9.10. The lowest BCUT2D eigenvalue weighted by molar-refractivity contribution is -1.73. The van der Waals surface area contributed by atoms with Gasteiger partial charge < -0.3 is 14.0 Å². The normalized spacial score (nSPS) is 11.2. The summed E-state index contributed by atoms with van der Waals surface area (Å²) in [6, 6.07) is 21.7. The number of pyridine rings is 1. The molecule has 172 valence electrons. The van der Waals surface area contributed by atoms with Gasteiger partial charge in [0.2, 0.25) is 15.7 Å². The van der Waals surface area contributed by atoms with Gasteiger partial charge in [-0.05, 0) is 36.1 Å². The van der Waals surface area contributed by atoms with E-state index in [4.69, 9.17) is 19.1 Å². The summed E-state index contributed by atoms with van der Waals surface area (Å²) in [5.74, 6) is 0. The van der Waals surface area contributed by atoms with Crippen molar-refractivity contribution in [3.63, 3.8) is 0 Å². The van der Waals surface area contributed by atoms with Crippen molar-refractivity contribution in [1.29, 1.82) is 0 Å². The summed E-state index contributed by atoms with van der Waals surface area (Å²) in [6.07, 6.45) is 3.93. The van der Waals surface area contributed by atoms with Crippen molar-refractivity contribution in [3.05, 3.63) is 78.1 Å². The summed E-state index contributed by atoms with van der Waals surface area (Å²) in [6.45, 7) is 4.34. The van der Waals surface area contributed by atoms with Crippen molar-refractivity contribution in [1.82, 2.24) is 0 Å². The zero-order chi connectivity index (χ0) is 23.7. The summed E-state index contributed by atoms with van der Waals surface area (Å²) in [4.78, 5) is 0.131. The average Bonchev–Trinajstić information content (AvgIpc) is 2.74. The van der Waals surface area contributed by atoms with E-state index in [1.165, 1.54) is 22.5 Å². The molecule has 2 aromatic carbocycles. The molecule has 0 saturated heterocycles. The van der Waals surface area contributed by atoms with E-state index >= 15 is 0 Å². The van der Waals surface area contributed by atoms with Gasteiger partial charge >= 0.3 is 0 Å². The highest BCUT2D eigenvalue weighted by Crippen LogP contribution is 2.23. The second kappa shape index (κ2) is 12.1. The predicted molar refractivity (Wildman–Crippen MR) is 113 cm³/mol. The number of hydrogen-bond acceptors (Lipinski definition) is 5. The Hall–Kier alpha value is -2.33. The molecular formula is C23H27ClN2O5S. The molecule has 0 fully saturated rings. The van der Waals surface area contributed by atoms with Crippen LogP contribution in [-0.2, 0) is 22.9 Å². The number of primary sulfonamides is 1. The molecule has 3 aromatic rings. The maximum Gasteiger partial charge on any atom is 0.238 e. The van der Waals surface area contributed by atoms with Crippen LogP contribution < -0.4 is 23.7 Å². The fraction of sp³-hybridized carbons (Fsp3) is 0.261. The van der Waals surface area contributed by atoms with Crippen molar-refractivity contribution < 1.29 is 37.7 Å². The summed E-state index contributed by atoms with van der Waals surface area (Å²) in [5, 5.41) is 5.25. The van der Waals surface area contributed by atoms with Gasteiger partial charge in [-0.3, -0.25) is 0 Å². The molecule has 0 atom stereocenters. The molecule has 0 aliphatic heterocycles. The van der Waals surface area contributed by atoms with Crippen LogP contribution in [0.25, 0.3) is 16.8 Å². The molecule has 9 heteroatoms. The molecular weight excluding hydrogens is 452 g/mol. The van der Waals surface area contributed by atoms with E-state index in [1.807, 2.05) is 18.2 Å². The molecule has 32 heavy (non-hydrogen) atoms. The first kappa shape index (κ1) is 25.9. The summed E-state index contributed by atoms with van der Waals surface area (Å²) < 4.78 is 50.7. The molecule has 1 heterocycles. The number of halogens is 1. The Labute approximate surface area is 192 Å². The van der Waals surface area contributed by atoms with Gasteiger partial charge in [0.1, 0.15) is 0 Å². The lowest BCUT2D eigenvalue weighted by Gasteiger charge is -2.11. The van der Waals surface area contributed by atoms with Gasteiger partial charge in [-0.15, -0.1) is 0 Å². The first-order valence-electron chi connectivity index (χ1n) is 10.2. The van der Waals surface area contributed by atoms with E-state index in [9.17, 15) is 8.42 Å². The van der Waals surface area contributed by atoms with E-state index in [-0.39, 0.29) is 4.90 Å². The van der Waals surface area contributed by atoms with Crippen molar-refractivity contribution >= 4 is 10.0 Å². The lowest BCUT2D eigenvalue weighted by Crippen LogP contribution is -2.42. The average molecular weight is 479 g/mol. The Morgan fingerprint density at radius 1 is 0.812 bits per heavy atom. The maximum atomic E-state index is 11.6. The highest BCUT2D eigenvalue weighted by atomic mass is 35.6. The molecule has 0 bridgehead atoms. The van der Waals surface area contributed by atoms with Gasteiger partial charge in [-0.2, -0.15) is 4.57 Å². The smallest absolute Gasteiger partial charge is 0.238 e. The number of rotatable bonds is 7. The van der Waals surface area contributed by atoms with E-state index in [1.54, 1.807) is 12.1 Å². The molecule has 1 aromatic heterocycles. The van der Waals surface area contributed by atoms with E-state index < -0.39 is 20.8 Å². The monoisotopic (exact) mass is 478 g/mol. The molecule has 0 unspecified atom stereocenters. The summed E-state index contributed by atoms with van der Waals surface area (Å²) >= 11 is 0. The van der Waals surface area contributed by atoms with Crippen molar-refractivity contribution in [2.75, 3.05) is 0 Å². The van der Waals surface area contributed by atoms with Gasteiger partial charge in [0.25, 0.3) is 0 Å². The minimum atomic E-state index is -3.69. The first-order valence-corrected chi connectivity index (χ1v) is 12.6. The van der Waals surface area contributed by atoms with Gasteiger partial charge in [0.15, 0.2) is 11.4 Å². The minimum Gasteiger partial charge on any atom is -0.357 e. The number of aromatic nitrogens is 1. The van der Waals surface area contributed by atoms with E-state index in [2.05, 4.69) is 54.8 Å². The number of nitrogens with zero attached hydrogens (tertiary/aromatic N) is 1. The molecule has 0 aliphatic rings. The Balaban J connectivity index is 0.000000837. The minimum absolute atomic E-state index is 0.131. The molecule has 0 radical (unpaired) electrons. The highest BCUT2D eigenvalue weighted by molar-refractivity contribution is 7.89. The Kier molecular flexibility index (Phi) is 9.77. The van der Waals surface area contributed by atoms with Crippen LogP contribution in [0.2, 0.25) is 0 Å². The molecule has 0 amide bonds. The fourth-order valence-corrected chi connectivity index (χ4v) is 4.02. The molecule has 0 aliphatic carbocycles. The van der Waals surface area contributed by atoms with Gasteiger partial charge in [0.05, 0.1) is 15.7 Å². The number of nitrogens with two attached hydrogens (primary N) is 1. The second-order valence-electron chi connectivity index (χ2n) is 7.16. The highest BCUT2D eigenvalue weighted by Gasteiger charge is 2.22. The predicted octanol–water partition coefficient (Wildman–Crippen LogP) is 0.616. The Bertz CT molecular complexity index is 1080. The van der Waals surface area contributed by atoms with Gasteiger partial charge in [-0.1, -0.05) is 44.2 Å². The molecule has 0 saturated carbocycles. The maximum absolute atomic E-state index is 11.6. The van der Waals surface area contributed by atoms with Crippen LogP contribution in [0.15, 0.2) is 71.6 Å². The van der Waals surface area contributed by atoms with E-state index in [0.717, 1.165) is 31.4 Å². The van der Waals surface area contributed by atoms with Gasteiger partial charge in [-0.25, -0.2) is 13.6 Å². The third-order valence-corrected chi connectivity index (χ3v) is 5.69. The fourth-order valence-electron chi connectivity index (χ4n) is 3.51. The zero-order valence-electron chi connectivity index (χ0n) is 18.0. The number of sulfonamides is 1.